The maximum absolute atomic E-state index is 8.66. The quantitative estimate of drug-likeness (QED) is 0.784. The van der Waals surface area contributed by atoms with Gasteiger partial charge in [-0.25, -0.2) is 0 Å². The van der Waals surface area contributed by atoms with Gasteiger partial charge in [-0.05, 0) is 34.1 Å². The molecule has 1 rings (SSSR count). The second kappa shape index (κ2) is 5.55. The third kappa shape index (κ3) is 2.76. The van der Waals surface area contributed by atoms with Crippen molar-refractivity contribution in [2.45, 2.75) is 0 Å². The zero-order chi connectivity index (χ0) is 12.1. The first-order chi connectivity index (χ1) is 7.62. The number of allylic oxidation sites excluding steroid dienone is 1. The van der Waals surface area contributed by atoms with Gasteiger partial charge in [0.25, 0.3) is 0 Å². The maximum Gasteiger partial charge on any atom is 0.140 e. The number of rotatable bonds is 2. The van der Waals surface area contributed by atoms with Crippen molar-refractivity contribution >= 4 is 33.6 Å². The molecular weight excluding hydrogens is 291 g/mol. The summed E-state index contributed by atoms with van der Waals surface area (Å²) in [6.07, 6.45) is 1.43. The van der Waals surface area contributed by atoms with E-state index < -0.39 is 0 Å². The van der Waals surface area contributed by atoms with Gasteiger partial charge >= 0.3 is 0 Å². The van der Waals surface area contributed by atoms with E-state index in [1.807, 2.05) is 0 Å². The Kier molecular flexibility index (Phi) is 4.37. The second-order valence-corrected chi connectivity index (χ2v) is 4.08. The van der Waals surface area contributed by atoms with Gasteiger partial charge in [-0.3, -0.25) is 0 Å². The Hall–Kier alpha value is -1.49. The first-order valence-corrected chi connectivity index (χ1v) is 5.34. The first kappa shape index (κ1) is 12.6. The fourth-order valence-corrected chi connectivity index (χ4v) is 2.14. The molecule has 1 aromatic carbocycles. The Morgan fingerprint density at radius 1 is 1.44 bits per heavy atom. The van der Waals surface area contributed by atoms with Crippen LogP contribution in [0.15, 0.2) is 22.2 Å². The van der Waals surface area contributed by atoms with Crippen LogP contribution in [0.5, 0.6) is 5.75 Å². The second-order valence-electron chi connectivity index (χ2n) is 2.79. The summed E-state index contributed by atoms with van der Waals surface area (Å²) in [5, 5.41) is 17.8. The Bertz CT molecular complexity index is 510. The minimum Gasteiger partial charge on any atom is -0.495 e. The molecule has 0 aromatic heterocycles. The molecule has 0 saturated heterocycles. The third-order valence-electron chi connectivity index (χ3n) is 1.78. The van der Waals surface area contributed by atoms with E-state index in [0.29, 0.717) is 20.8 Å². The molecule has 0 spiro atoms. The summed E-state index contributed by atoms with van der Waals surface area (Å²) in [4.78, 5) is 0. The topological polar surface area (TPSA) is 56.8 Å². The molecule has 0 heterocycles. The number of hydrogen-bond donors (Lipinski definition) is 0. The lowest BCUT2D eigenvalue weighted by Gasteiger charge is -2.07. The van der Waals surface area contributed by atoms with E-state index in [0.717, 1.165) is 0 Å². The van der Waals surface area contributed by atoms with E-state index in [2.05, 4.69) is 15.9 Å². The van der Waals surface area contributed by atoms with Gasteiger partial charge in [0.05, 0.1) is 11.6 Å². The van der Waals surface area contributed by atoms with E-state index in [1.54, 1.807) is 24.3 Å². The van der Waals surface area contributed by atoms with Crippen molar-refractivity contribution in [3.63, 3.8) is 0 Å². The third-order valence-corrected chi connectivity index (χ3v) is 2.59. The minimum absolute atomic E-state index is 0.00698. The summed E-state index contributed by atoms with van der Waals surface area (Å²) in [5.74, 6) is 0.535. The van der Waals surface area contributed by atoms with Crippen molar-refractivity contribution in [2.24, 2.45) is 0 Å². The number of methoxy groups -OCH3 is 1. The number of nitriles is 2. The molecule has 5 heteroatoms. The van der Waals surface area contributed by atoms with Crippen molar-refractivity contribution in [3.8, 4) is 17.9 Å². The Morgan fingerprint density at radius 2 is 2.06 bits per heavy atom. The summed E-state index contributed by atoms with van der Waals surface area (Å²) >= 11 is 9.16. The van der Waals surface area contributed by atoms with E-state index in [9.17, 15) is 0 Å². The number of nitrogens with zero attached hydrogens (tertiary/aromatic N) is 2. The van der Waals surface area contributed by atoms with Gasteiger partial charge in [-0.15, -0.1) is 0 Å². The lowest BCUT2D eigenvalue weighted by molar-refractivity contribution is 0.411. The molecule has 0 aliphatic carbocycles. The fraction of sp³-hybridized carbons (Fsp3) is 0.0909. The maximum atomic E-state index is 8.66. The van der Waals surface area contributed by atoms with Crippen molar-refractivity contribution in [1.82, 2.24) is 0 Å². The zero-order valence-electron chi connectivity index (χ0n) is 8.29. The molecule has 0 unspecified atom stereocenters. The molecule has 0 atom stereocenters. The Balaban J connectivity index is 3.40. The van der Waals surface area contributed by atoms with Crippen LogP contribution in [0.4, 0.5) is 0 Å². The van der Waals surface area contributed by atoms with Crippen LogP contribution in [0.3, 0.4) is 0 Å². The Morgan fingerprint density at radius 3 is 2.56 bits per heavy atom. The van der Waals surface area contributed by atoms with Gasteiger partial charge in [-0.2, -0.15) is 10.5 Å². The average molecular weight is 298 g/mol. The van der Waals surface area contributed by atoms with Crippen LogP contribution >= 0.6 is 27.5 Å². The molecule has 0 amide bonds. The van der Waals surface area contributed by atoms with E-state index in [4.69, 9.17) is 26.9 Å². The Labute approximate surface area is 107 Å². The van der Waals surface area contributed by atoms with E-state index in [-0.39, 0.29) is 5.57 Å². The van der Waals surface area contributed by atoms with Gasteiger partial charge in [0.15, 0.2) is 0 Å². The molecule has 0 saturated carbocycles. The van der Waals surface area contributed by atoms with Gasteiger partial charge in [-0.1, -0.05) is 11.6 Å². The molecule has 0 aliphatic heterocycles. The van der Waals surface area contributed by atoms with Gasteiger partial charge in [0.1, 0.15) is 23.5 Å². The first-order valence-electron chi connectivity index (χ1n) is 4.17. The zero-order valence-corrected chi connectivity index (χ0v) is 10.6. The lowest BCUT2D eigenvalue weighted by Crippen LogP contribution is -1.89. The SMILES string of the molecule is COc1c(Br)cc(Cl)cc1C=C(C#N)C#N. The summed E-state index contributed by atoms with van der Waals surface area (Å²) in [5.41, 5.74) is 0.576. The standard InChI is InChI=1S/C11H6BrClN2O/c1-16-11-8(2-7(5-14)6-15)3-9(13)4-10(11)12/h2-4H,1H3. The molecule has 0 N–H and O–H groups in total. The fourth-order valence-electron chi connectivity index (χ4n) is 1.15. The summed E-state index contributed by atoms with van der Waals surface area (Å²) < 4.78 is 5.82. The molecule has 80 valence electrons. The van der Waals surface area contributed by atoms with Gasteiger partial charge in [0.2, 0.25) is 0 Å². The molecule has 1 aromatic rings. The molecule has 0 aliphatic rings. The summed E-state index contributed by atoms with van der Waals surface area (Å²) in [6.45, 7) is 0. The highest BCUT2D eigenvalue weighted by Crippen LogP contribution is 2.33. The van der Waals surface area contributed by atoms with Crippen molar-refractivity contribution in [3.05, 3.63) is 32.8 Å². The van der Waals surface area contributed by atoms with E-state index >= 15 is 0 Å². The van der Waals surface area contributed by atoms with Crippen LogP contribution in [-0.4, -0.2) is 7.11 Å². The predicted octanol–water partition coefficient (Wildman–Crippen LogP) is 3.54. The number of hydrogen-bond acceptors (Lipinski definition) is 3. The smallest absolute Gasteiger partial charge is 0.140 e. The van der Waals surface area contributed by atoms with Crippen LogP contribution in [-0.2, 0) is 0 Å². The van der Waals surface area contributed by atoms with Gasteiger partial charge < -0.3 is 4.74 Å². The number of ether oxygens (including phenoxy) is 1. The summed E-state index contributed by atoms with van der Waals surface area (Å²) in [7, 11) is 1.50. The highest BCUT2D eigenvalue weighted by Gasteiger charge is 2.08. The molecule has 16 heavy (non-hydrogen) atoms. The van der Waals surface area contributed by atoms with Crippen molar-refractivity contribution in [1.29, 1.82) is 10.5 Å². The van der Waals surface area contributed by atoms with Crippen LogP contribution in [0, 0.1) is 22.7 Å². The normalized spacial score (nSPS) is 8.81. The predicted molar refractivity (Wildman–Crippen MR) is 64.9 cm³/mol. The molecule has 0 bridgehead atoms. The molecule has 0 fully saturated rings. The highest BCUT2D eigenvalue weighted by molar-refractivity contribution is 9.10. The monoisotopic (exact) mass is 296 g/mol. The average Bonchev–Trinajstić information content (AvgIpc) is 2.25. The highest BCUT2D eigenvalue weighted by atomic mass is 79.9. The minimum atomic E-state index is -0.00698. The van der Waals surface area contributed by atoms with Gasteiger partial charge in [0, 0.05) is 10.6 Å². The van der Waals surface area contributed by atoms with Crippen LogP contribution in [0.2, 0.25) is 5.02 Å². The van der Waals surface area contributed by atoms with Crippen LogP contribution < -0.4 is 4.74 Å². The largest absolute Gasteiger partial charge is 0.495 e. The van der Waals surface area contributed by atoms with Crippen molar-refractivity contribution in [2.75, 3.05) is 7.11 Å². The molecular formula is C11H6BrClN2O. The summed E-state index contributed by atoms with van der Waals surface area (Å²) in [6, 6.07) is 6.85. The lowest BCUT2D eigenvalue weighted by atomic mass is 10.1. The van der Waals surface area contributed by atoms with Crippen LogP contribution in [0.25, 0.3) is 6.08 Å². The molecule has 3 nitrogen and oxygen atoms in total. The van der Waals surface area contributed by atoms with Crippen molar-refractivity contribution < 1.29 is 4.74 Å². The van der Waals surface area contributed by atoms with Crippen LogP contribution in [0.1, 0.15) is 5.56 Å². The number of halogens is 2. The van der Waals surface area contributed by atoms with E-state index in [1.165, 1.54) is 13.2 Å². The molecule has 0 radical (unpaired) electrons. The number of benzene rings is 1.